The Morgan fingerprint density at radius 2 is 1.85 bits per heavy atom. The molecule has 9 nitrogen and oxygen atoms in total. The Bertz CT molecular complexity index is 1410. The zero-order valence-corrected chi connectivity index (χ0v) is 19.9. The summed E-state index contributed by atoms with van der Waals surface area (Å²) >= 11 is 1.47. The van der Waals surface area contributed by atoms with Crippen molar-refractivity contribution in [3.8, 4) is 6.07 Å². The predicted molar refractivity (Wildman–Crippen MR) is 125 cm³/mol. The minimum absolute atomic E-state index is 0.105. The molecule has 2 aromatic heterocycles. The third kappa shape index (κ3) is 4.55. The van der Waals surface area contributed by atoms with Gasteiger partial charge in [-0.2, -0.15) is 9.57 Å². The summed E-state index contributed by atoms with van der Waals surface area (Å²) in [5.41, 5.74) is 1.13. The van der Waals surface area contributed by atoms with Gasteiger partial charge in [-0.15, -0.1) is 11.3 Å². The number of fused-ring (bicyclic) bond motifs is 1. The first kappa shape index (κ1) is 23.1. The molecule has 1 N–H and O–H groups in total. The molecular formula is C22H23N5O4S2. The number of hydrogen-bond donors (Lipinski definition) is 1. The molecule has 1 saturated heterocycles. The summed E-state index contributed by atoms with van der Waals surface area (Å²) < 4.78 is 27.0. The largest absolute Gasteiger partial charge is 0.340 e. The fourth-order valence-electron chi connectivity index (χ4n) is 3.83. The van der Waals surface area contributed by atoms with Gasteiger partial charge in [-0.1, -0.05) is 0 Å². The molecular weight excluding hydrogens is 462 g/mol. The average molecular weight is 486 g/mol. The number of rotatable bonds is 5. The summed E-state index contributed by atoms with van der Waals surface area (Å²) in [5.74, 6) is 0.371. The van der Waals surface area contributed by atoms with Crippen LogP contribution >= 0.6 is 11.3 Å². The highest BCUT2D eigenvalue weighted by atomic mass is 32.2. The molecule has 3 aromatic rings. The van der Waals surface area contributed by atoms with Crippen LogP contribution in [0.5, 0.6) is 0 Å². The molecule has 4 rings (SSSR count). The van der Waals surface area contributed by atoms with Crippen LogP contribution in [0.25, 0.3) is 10.2 Å². The number of aromatic amines is 1. The normalized spacial score (nSPS) is 15.0. The number of piperazine rings is 1. The van der Waals surface area contributed by atoms with E-state index in [4.69, 9.17) is 5.26 Å². The molecule has 0 unspecified atom stereocenters. The monoisotopic (exact) mass is 485 g/mol. The van der Waals surface area contributed by atoms with Crippen LogP contribution in [0.2, 0.25) is 0 Å². The Morgan fingerprint density at radius 1 is 1.18 bits per heavy atom. The van der Waals surface area contributed by atoms with Gasteiger partial charge >= 0.3 is 0 Å². The topological polar surface area (TPSA) is 127 Å². The maximum atomic E-state index is 12.8. The maximum absolute atomic E-state index is 12.8. The zero-order chi connectivity index (χ0) is 23.8. The van der Waals surface area contributed by atoms with Crippen LogP contribution in [0, 0.1) is 25.2 Å². The lowest BCUT2D eigenvalue weighted by Gasteiger charge is -2.34. The van der Waals surface area contributed by atoms with Gasteiger partial charge in [-0.25, -0.2) is 13.4 Å². The average Bonchev–Trinajstić information content (AvgIpc) is 3.11. The van der Waals surface area contributed by atoms with Crippen molar-refractivity contribution in [2.75, 3.05) is 26.2 Å². The molecule has 0 radical (unpaired) electrons. The number of nitriles is 1. The minimum atomic E-state index is -3.68. The lowest BCUT2D eigenvalue weighted by Crippen LogP contribution is -2.50. The number of nitrogens with zero attached hydrogens (tertiary/aromatic N) is 4. The molecule has 1 amide bonds. The van der Waals surface area contributed by atoms with Gasteiger partial charge in [0.2, 0.25) is 15.9 Å². The second-order valence-electron chi connectivity index (χ2n) is 7.90. The lowest BCUT2D eigenvalue weighted by molar-refractivity contribution is -0.132. The Kier molecular flexibility index (Phi) is 6.34. The number of carbonyl (C=O) groups excluding carboxylic acids is 1. The fourth-order valence-corrected chi connectivity index (χ4v) is 6.30. The molecule has 0 saturated carbocycles. The van der Waals surface area contributed by atoms with E-state index in [1.165, 1.54) is 39.9 Å². The molecule has 0 atom stereocenters. The highest BCUT2D eigenvalue weighted by Gasteiger charge is 2.30. The molecule has 1 aliphatic rings. The first-order valence-electron chi connectivity index (χ1n) is 10.5. The minimum Gasteiger partial charge on any atom is -0.340 e. The fraction of sp³-hybridized carbons (Fsp3) is 0.364. The van der Waals surface area contributed by atoms with Gasteiger partial charge in [-0.3, -0.25) is 9.59 Å². The Hall–Kier alpha value is -3.07. The zero-order valence-electron chi connectivity index (χ0n) is 18.3. The van der Waals surface area contributed by atoms with Crippen molar-refractivity contribution in [1.82, 2.24) is 19.2 Å². The Balaban J connectivity index is 1.36. The van der Waals surface area contributed by atoms with Crippen molar-refractivity contribution in [2.24, 2.45) is 0 Å². The highest BCUT2D eigenvalue weighted by Crippen LogP contribution is 2.26. The Labute approximate surface area is 195 Å². The van der Waals surface area contributed by atoms with Crippen LogP contribution in [-0.2, 0) is 21.2 Å². The predicted octanol–water partition coefficient (Wildman–Crippen LogP) is 1.94. The van der Waals surface area contributed by atoms with Crippen LogP contribution in [0.1, 0.15) is 28.2 Å². The van der Waals surface area contributed by atoms with Crippen molar-refractivity contribution < 1.29 is 13.2 Å². The molecule has 172 valence electrons. The number of aryl methyl sites for hydroxylation is 3. The second-order valence-corrected chi connectivity index (χ2v) is 11.0. The molecule has 3 heterocycles. The number of hydrogen-bond acceptors (Lipinski definition) is 7. The number of benzene rings is 1. The molecule has 0 bridgehead atoms. The molecule has 0 aliphatic carbocycles. The van der Waals surface area contributed by atoms with Crippen LogP contribution in [0.4, 0.5) is 0 Å². The molecule has 0 spiro atoms. The molecule has 11 heteroatoms. The van der Waals surface area contributed by atoms with Crippen LogP contribution < -0.4 is 5.56 Å². The molecule has 1 aromatic carbocycles. The quantitative estimate of drug-likeness (QED) is 0.588. The molecule has 1 aliphatic heterocycles. The van der Waals surface area contributed by atoms with Crippen LogP contribution in [0.3, 0.4) is 0 Å². The smallest absolute Gasteiger partial charge is 0.259 e. The van der Waals surface area contributed by atoms with E-state index in [0.717, 1.165) is 10.4 Å². The summed E-state index contributed by atoms with van der Waals surface area (Å²) in [6, 6.07) is 7.76. The van der Waals surface area contributed by atoms with E-state index in [-0.39, 0.29) is 35.9 Å². The van der Waals surface area contributed by atoms with Crippen molar-refractivity contribution in [3.05, 3.63) is 56.4 Å². The molecule has 33 heavy (non-hydrogen) atoms. The van der Waals surface area contributed by atoms with Gasteiger partial charge in [0.15, 0.2) is 0 Å². The first-order chi connectivity index (χ1) is 15.7. The second kappa shape index (κ2) is 9.05. The Morgan fingerprint density at radius 3 is 2.48 bits per heavy atom. The summed E-state index contributed by atoms with van der Waals surface area (Å²) in [6.45, 7) is 4.83. The number of sulfonamides is 1. The van der Waals surface area contributed by atoms with Gasteiger partial charge in [0.05, 0.1) is 21.9 Å². The van der Waals surface area contributed by atoms with Gasteiger partial charge in [-0.05, 0) is 43.7 Å². The van der Waals surface area contributed by atoms with E-state index in [1.54, 1.807) is 4.90 Å². The standard InChI is InChI=1S/C22H23N5O4S2/c1-14-15(2)32-22-20(14)21(29)24-18(25-22)7-8-19(28)26-9-11-27(12-10-26)33(30,31)17-5-3-16(13-23)4-6-17/h3-6H,7-12H2,1-2H3,(H,24,25,29). The van der Waals surface area contributed by atoms with Crippen LogP contribution in [-0.4, -0.2) is 59.7 Å². The van der Waals surface area contributed by atoms with Crippen molar-refractivity contribution in [2.45, 2.75) is 31.6 Å². The van der Waals surface area contributed by atoms with E-state index in [1.807, 2.05) is 19.9 Å². The van der Waals surface area contributed by atoms with Crippen molar-refractivity contribution in [3.63, 3.8) is 0 Å². The van der Waals surface area contributed by atoms with Crippen molar-refractivity contribution in [1.29, 1.82) is 5.26 Å². The third-order valence-electron chi connectivity index (χ3n) is 5.88. The van der Waals surface area contributed by atoms with Gasteiger partial charge in [0, 0.05) is 43.9 Å². The van der Waals surface area contributed by atoms with Gasteiger partial charge in [0.1, 0.15) is 10.7 Å². The highest BCUT2D eigenvalue weighted by molar-refractivity contribution is 7.89. The van der Waals surface area contributed by atoms with E-state index >= 15 is 0 Å². The number of amides is 1. The number of nitrogens with one attached hydrogen (secondary N) is 1. The summed E-state index contributed by atoms with van der Waals surface area (Å²) in [6.07, 6.45) is 0.490. The van der Waals surface area contributed by atoms with Gasteiger partial charge in [0.25, 0.3) is 5.56 Å². The summed E-state index contributed by atoms with van der Waals surface area (Å²) in [7, 11) is -3.68. The summed E-state index contributed by atoms with van der Waals surface area (Å²) in [5, 5.41) is 9.49. The van der Waals surface area contributed by atoms with Crippen molar-refractivity contribution >= 4 is 37.5 Å². The third-order valence-corrected chi connectivity index (χ3v) is 8.89. The van der Waals surface area contributed by atoms with Crippen LogP contribution in [0.15, 0.2) is 34.0 Å². The lowest BCUT2D eigenvalue weighted by atomic mass is 10.2. The van der Waals surface area contributed by atoms with E-state index < -0.39 is 10.0 Å². The maximum Gasteiger partial charge on any atom is 0.259 e. The van der Waals surface area contributed by atoms with E-state index in [9.17, 15) is 18.0 Å². The number of H-pyrrole nitrogens is 1. The number of thiophene rings is 1. The van der Waals surface area contributed by atoms with E-state index in [2.05, 4.69) is 9.97 Å². The van der Waals surface area contributed by atoms with E-state index in [0.29, 0.717) is 41.1 Å². The first-order valence-corrected chi connectivity index (χ1v) is 12.7. The summed E-state index contributed by atoms with van der Waals surface area (Å²) in [4.78, 5) is 35.9. The number of carbonyl (C=O) groups is 1. The molecule has 1 fully saturated rings. The number of aromatic nitrogens is 2. The van der Waals surface area contributed by atoms with Gasteiger partial charge < -0.3 is 9.88 Å². The SMILES string of the molecule is Cc1sc2nc(CCC(=O)N3CCN(S(=O)(=O)c4ccc(C#N)cc4)CC3)[nH]c(=O)c2c1C.